The molecule has 0 aliphatic rings. The maximum atomic E-state index is 13.0. The summed E-state index contributed by atoms with van der Waals surface area (Å²) in [7, 11) is -7.54. The summed E-state index contributed by atoms with van der Waals surface area (Å²) in [6.45, 7) is 5.25. The van der Waals surface area contributed by atoms with Crippen LogP contribution in [0.5, 0.6) is 23.0 Å². The number of hydrogen-bond acceptors (Lipinski definition) is 10. The first kappa shape index (κ1) is 38.1. The van der Waals surface area contributed by atoms with E-state index in [1.165, 1.54) is 72.8 Å². The van der Waals surface area contributed by atoms with Gasteiger partial charge >= 0.3 is 11.9 Å². The van der Waals surface area contributed by atoms with Crippen molar-refractivity contribution < 1.29 is 45.4 Å². The minimum Gasteiger partial charge on any atom is -0.494 e. The lowest BCUT2D eigenvalue weighted by molar-refractivity contribution is -0.136. The standard InChI is InChI=1S/C38H42O10S2/c1-3-5-27-45-29-11-19-33(20-12-29)49(41,42)35-23-15-31(16-24-35)47-37(39)9-7-8-10-38(40)48-32-17-25-36(26-18-32)50(43,44)34-21-13-30(14-22-34)46-28-6-4-2/h11-26H,3-10,27-28H2,1-2H3. The third-order valence-corrected chi connectivity index (χ3v) is 11.1. The van der Waals surface area contributed by atoms with E-state index in [0.717, 1.165) is 25.7 Å². The van der Waals surface area contributed by atoms with Crippen molar-refractivity contribution in [1.29, 1.82) is 0 Å². The molecule has 0 heterocycles. The summed E-state index contributed by atoms with van der Waals surface area (Å²) in [5.41, 5.74) is 0. The Hall–Kier alpha value is -4.68. The minimum atomic E-state index is -3.77. The zero-order valence-electron chi connectivity index (χ0n) is 28.2. The largest absolute Gasteiger partial charge is 0.494 e. The summed E-state index contributed by atoms with van der Waals surface area (Å²) in [5.74, 6) is 0.553. The molecule has 4 aromatic carbocycles. The van der Waals surface area contributed by atoms with Gasteiger partial charge in [-0.3, -0.25) is 9.59 Å². The van der Waals surface area contributed by atoms with Gasteiger partial charge < -0.3 is 18.9 Å². The summed E-state index contributed by atoms with van der Waals surface area (Å²) < 4.78 is 73.9. The fraction of sp³-hybridized carbons (Fsp3) is 0.316. The Labute approximate surface area is 294 Å². The third-order valence-electron chi connectivity index (χ3n) is 7.54. The fourth-order valence-electron chi connectivity index (χ4n) is 4.65. The Morgan fingerprint density at radius 2 is 0.720 bits per heavy atom. The summed E-state index contributed by atoms with van der Waals surface area (Å²) in [5, 5.41) is 0. The van der Waals surface area contributed by atoms with Gasteiger partial charge in [0.25, 0.3) is 0 Å². The predicted octanol–water partition coefficient (Wildman–Crippen LogP) is 7.78. The van der Waals surface area contributed by atoms with Gasteiger partial charge in [0.1, 0.15) is 23.0 Å². The van der Waals surface area contributed by atoms with Crippen molar-refractivity contribution in [3.8, 4) is 23.0 Å². The SMILES string of the molecule is CCCCOc1ccc(S(=O)(=O)c2ccc(OC(=O)CCCCC(=O)Oc3ccc(S(=O)(=O)c4ccc(OCCCC)cc4)cc3)cc2)cc1. The van der Waals surface area contributed by atoms with Gasteiger partial charge in [-0.15, -0.1) is 0 Å². The lowest BCUT2D eigenvalue weighted by Crippen LogP contribution is -2.10. The summed E-state index contributed by atoms with van der Waals surface area (Å²) >= 11 is 0. The van der Waals surface area contributed by atoms with Crippen molar-refractivity contribution in [2.45, 2.75) is 84.8 Å². The van der Waals surface area contributed by atoms with E-state index in [9.17, 15) is 26.4 Å². The van der Waals surface area contributed by atoms with E-state index in [2.05, 4.69) is 13.8 Å². The van der Waals surface area contributed by atoms with Crippen LogP contribution in [0, 0.1) is 0 Å². The van der Waals surface area contributed by atoms with E-state index in [1.54, 1.807) is 24.3 Å². The molecule has 0 atom stereocenters. The molecule has 266 valence electrons. The van der Waals surface area contributed by atoms with Crippen LogP contribution in [0.3, 0.4) is 0 Å². The van der Waals surface area contributed by atoms with Gasteiger partial charge in [-0.25, -0.2) is 16.8 Å². The van der Waals surface area contributed by atoms with Crippen molar-refractivity contribution in [3.63, 3.8) is 0 Å². The van der Waals surface area contributed by atoms with Gasteiger partial charge in [0, 0.05) is 12.8 Å². The second kappa shape index (κ2) is 18.4. The zero-order chi connectivity index (χ0) is 36.0. The van der Waals surface area contributed by atoms with Crippen LogP contribution in [0.2, 0.25) is 0 Å². The first-order chi connectivity index (χ1) is 24.0. The topological polar surface area (TPSA) is 139 Å². The fourth-order valence-corrected chi connectivity index (χ4v) is 7.17. The Balaban J connectivity index is 1.18. The average Bonchev–Trinajstić information content (AvgIpc) is 3.11. The van der Waals surface area contributed by atoms with Crippen LogP contribution >= 0.6 is 0 Å². The van der Waals surface area contributed by atoms with E-state index < -0.39 is 31.6 Å². The number of carbonyl (C=O) groups excluding carboxylic acids is 2. The zero-order valence-corrected chi connectivity index (χ0v) is 29.8. The maximum absolute atomic E-state index is 13.0. The van der Waals surface area contributed by atoms with E-state index in [1.807, 2.05) is 0 Å². The number of carbonyl (C=O) groups is 2. The molecule has 0 spiro atoms. The van der Waals surface area contributed by atoms with Crippen LogP contribution in [-0.2, 0) is 29.3 Å². The van der Waals surface area contributed by atoms with Crippen molar-refractivity contribution in [1.82, 2.24) is 0 Å². The van der Waals surface area contributed by atoms with Gasteiger partial charge in [-0.1, -0.05) is 26.7 Å². The first-order valence-electron chi connectivity index (χ1n) is 16.6. The third kappa shape index (κ3) is 10.9. The van der Waals surface area contributed by atoms with Gasteiger partial charge in [0.15, 0.2) is 0 Å². The van der Waals surface area contributed by atoms with Gasteiger partial charge in [0.05, 0.1) is 32.8 Å². The van der Waals surface area contributed by atoms with Crippen LogP contribution in [0.4, 0.5) is 0 Å². The molecule has 0 N–H and O–H groups in total. The maximum Gasteiger partial charge on any atom is 0.311 e. The van der Waals surface area contributed by atoms with Crippen LogP contribution in [0.1, 0.15) is 65.2 Å². The van der Waals surface area contributed by atoms with E-state index >= 15 is 0 Å². The molecule has 0 saturated carbocycles. The average molecular weight is 723 g/mol. The van der Waals surface area contributed by atoms with Crippen molar-refractivity contribution >= 4 is 31.6 Å². The quantitative estimate of drug-likeness (QED) is 0.0536. The number of benzene rings is 4. The molecule has 0 fully saturated rings. The number of unbranched alkanes of at least 4 members (excludes halogenated alkanes) is 3. The van der Waals surface area contributed by atoms with Crippen molar-refractivity contribution in [3.05, 3.63) is 97.1 Å². The number of esters is 2. The highest BCUT2D eigenvalue weighted by Gasteiger charge is 2.20. The highest BCUT2D eigenvalue weighted by molar-refractivity contribution is 7.91. The van der Waals surface area contributed by atoms with E-state index in [-0.39, 0.29) is 43.9 Å². The molecule has 10 nitrogen and oxygen atoms in total. The molecule has 0 radical (unpaired) electrons. The van der Waals surface area contributed by atoms with Gasteiger partial charge in [0.2, 0.25) is 19.7 Å². The van der Waals surface area contributed by atoms with Crippen LogP contribution in [0.25, 0.3) is 0 Å². The Bertz CT molecular complexity index is 1760. The lowest BCUT2D eigenvalue weighted by atomic mass is 10.2. The van der Waals surface area contributed by atoms with Crippen LogP contribution in [0.15, 0.2) is 117 Å². The van der Waals surface area contributed by atoms with Gasteiger partial charge in [-0.2, -0.15) is 0 Å². The number of sulfone groups is 2. The summed E-state index contributed by atoms with van der Waals surface area (Å²) in [6.07, 6.45) is 4.62. The second-order valence-corrected chi connectivity index (χ2v) is 15.4. The molecule has 12 heteroatoms. The summed E-state index contributed by atoms with van der Waals surface area (Å²) in [6, 6.07) is 23.7. The number of rotatable bonds is 19. The van der Waals surface area contributed by atoms with E-state index in [4.69, 9.17) is 18.9 Å². The van der Waals surface area contributed by atoms with Crippen molar-refractivity contribution in [2.24, 2.45) is 0 Å². The van der Waals surface area contributed by atoms with Crippen LogP contribution in [-0.4, -0.2) is 42.0 Å². The van der Waals surface area contributed by atoms with Crippen molar-refractivity contribution in [2.75, 3.05) is 13.2 Å². The molecule has 0 aromatic heterocycles. The molecule has 0 amide bonds. The monoisotopic (exact) mass is 722 g/mol. The predicted molar refractivity (Wildman–Crippen MR) is 187 cm³/mol. The molecule has 4 aromatic rings. The number of hydrogen-bond donors (Lipinski definition) is 0. The molecule has 0 aliphatic carbocycles. The summed E-state index contributed by atoms with van der Waals surface area (Å²) in [4.78, 5) is 25.0. The second-order valence-electron chi connectivity index (χ2n) is 11.5. The van der Waals surface area contributed by atoms with E-state index in [0.29, 0.717) is 37.6 Å². The lowest BCUT2D eigenvalue weighted by Gasteiger charge is -2.09. The molecule has 0 bridgehead atoms. The normalized spacial score (nSPS) is 11.5. The Morgan fingerprint density at radius 3 is 1.00 bits per heavy atom. The molecule has 50 heavy (non-hydrogen) atoms. The molecular formula is C38H42O10S2. The molecule has 4 rings (SSSR count). The highest BCUT2D eigenvalue weighted by atomic mass is 32.2. The minimum absolute atomic E-state index is 0.0401. The molecule has 0 saturated heterocycles. The smallest absolute Gasteiger partial charge is 0.311 e. The highest BCUT2D eigenvalue weighted by Crippen LogP contribution is 2.27. The van der Waals surface area contributed by atoms with Crippen LogP contribution < -0.4 is 18.9 Å². The molecular weight excluding hydrogens is 681 g/mol. The first-order valence-corrected chi connectivity index (χ1v) is 19.6. The molecule has 0 unspecified atom stereocenters. The Kier molecular flexibility index (Phi) is 14.0. The van der Waals surface area contributed by atoms with Gasteiger partial charge in [-0.05, 0) is 123 Å². The Morgan fingerprint density at radius 1 is 0.440 bits per heavy atom. The molecule has 0 aliphatic heterocycles. The number of ether oxygens (including phenoxy) is 4.